The van der Waals surface area contributed by atoms with Gasteiger partial charge in [-0.05, 0) is 0 Å². The van der Waals surface area contributed by atoms with E-state index < -0.39 is 12.7 Å². The van der Waals surface area contributed by atoms with Crippen LogP contribution in [-0.4, -0.2) is 19.8 Å². The Balaban J connectivity index is 2.45. The van der Waals surface area contributed by atoms with Crippen molar-refractivity contribution in [2.24, 2.45) is 0 Å². The van der Waals surface area contributed by atoms with E-state index >= 15 is 0 Å². The minimum absolute atomic E-state index is 0.341. The minimum atomic E-state index is -4.24. The molecule has 4 heteroatoms. The monoisotopic (exact) mass is 296 g/mol. The molecular weight excluding hydrogens is 283 g/mol. The first kappa shape index (κ1) is 11.8. The summed E-state index contributed by atoms with van der Waals surface area (Å²) in [5, 5.41) is 0. The van der Waals surface area contributed by atoms with Crippen molar-refractivity contribution in [1.82, 2.24) is 0 Å². The number of rotatable bonds is 3. The Bertz CT molecular complexity index is 586. The summed E-state index contributed by atoms with van der Waals surface area (Å²) >= 11 is -4.24. The average molecular weight is 295 g/mol. The van der Waals surface area contributed by atoms with Crippen molar-refractivity contribution >= 4 is 21.6 Å². The van der Waals surface area contributed by atoms with Crippen molar-refractivity contribution in [2.75, 3.05) is 7.11 Å². The molecule has 0 atom stereocenters. The zero-order valence-electron chi connectivity index (χ0n) is 9.33. The third-order valence-electron chi connectivity index (χ3n) is 2.42. The SMILES string of the molecule is COc1ccc([Se](=O)(=O)c2ccccc2)cc1. The van der Waals surface area contributed by atoms with Gasteiger partial charge < -0.3 is 0 Å². The fraction of sp³-hybridized carbons (Fsp3) is 0.0769. The number of hydrogen-bond donors (Lipinski definition) is 0. The predicted octanol–water partition coefficient (Wildman–Crippen LogP) is 1.11. The van der Waals surface area contributed by atoms with Gasteiger partial charge in [-0.1, -0.05) is 0 Å². The Hall–Kier alpha value is -1.64. The maximum atomic E-state index is 12.3. The Kier molecular flexibility index (Phi) is 3.27. The molecule has 0 heterocycles. The molecule has 2 aromatic carbocycles. The van der Waals surface area contributed by atoms with E-state index in [4.69, 9.17) is 4.74 Å². The zero-order chi connectivity index (χ0) is 12.3. The normalized spacial score (nSPS) is 11.1. The van der Waals surface area contributed by atoms with Gasteiger partial charge in [0.05, 0.1) is 0 Å². The van der Waals surface area contributed by atoms with Gasteiger partial charge in [0.25, 0.3) is 0 Å². The summed E-state index contributed by atoms with van der Waals surface area (Å²) in [6.45, 7) is 0. The van der Waals surface area contributed by atoms with Crippen LogP contribution in [0.2, 0.25) is 0 Å². The molecule has 0 fully saturated rings. The van der Waals surface area contributed by atoms with Gasteiger partial charge in [0.15, 0.2) is 0 Å². The molecule has 88 valence electrons. The van der Waals surface area contributed by atoms with Gasteiger partial charge in [0.1, 0.15) is 0 Å². The number of hydrogen-bond acceptors (Lipinski definition) is 3. The van der Waals surface area contributed by atoms with Gasteiger partial charge >= 0.3 is 101 Å². The maximum absolute atomic E-state index is 12.3. The first-order valence-electron chi connectivity index (χ1n) is 5.09. The summed E-state index contributed by atoms with van der Waals surface area (Å²) in [5.74, 6) is 0.648. The van der Waals surface area contributed by atoms with Crippen LogP contribution in [0.25, 0.3) is 0 Å². The van der Waals surface area contributed by atoms with Crippen molar-refractivity contribution in [3.8, 4) is 5.75 Å². The molecule has 0 aliphatic heterocycles. The van der Waals surface area contributed by atoms with Crippen LogP contribution in [0.3, 0.4) is 0 Å². The molecule has 0 saturated heterocycles. The second-order valence-electron chi connectivity index (χ2n) is 3.49. The van der Waals surface area contributed by atoms with E-state index in [1.807, 2.05) is 0 Å². The van der Waals surface area contributed by atoms with Crippen molar-refractivity contribution in [2.45, 2.75) is 0 Å². The van der Waals surface area contributed by atoms with E-state index in [0.29, 0.717) is 14.7 Å². The van der Waals surface area contributed by atoms with Gasteiger partial charge in [-0.2, -0.15) is 0 Å². The summed E-state index contributed by atoms with van der Waals surface area (Å²) in [7, 11) is 1.55. The van der Waals surface area contributed by atoms with Gasteiger partial charge in [-0.3, -0.25) is 0 Å². The van der Waals surface area contributed by atoms with Crippen LogP contribution >= 0.6 is 0 Å². The fourth-order valence-corrected chi connectivity index (χ4v) is 4.18. The van der Waals surface area contributed by atoms with E-state index in [-0.39, 0.29) is 0 Å². The third-order valence-corrected chi connectivity index (χ3v) is 6.17. The number of ether oxygens (including phenoxy) is 1. The van der Waals surface area contributed by atoms with Crippen molar-refractivity contribution in [1.29, 1.82) is 0 Å². The molecule has 0 saturated carbocycles. The van der Waals surface area contributed by atoms with E-state index in [9.17, 15) is 7.67 Å². The second kappa shape index (κ2) is 4.70. The van der Waals surface area contributed by atoms with Gasteiger partial charge in [0.2, 0.25) is 0 Å². The van der Waals surface area contributed by atoms with Crippen LogP contribution in [0.4, 0.5) is 0 Å². The van der Waals surface area contributed by atoms with Crippen molar-refractivity contribution in [3.63, 3.8) is 0 Å². The Morgan fingerprint density at radius 3 is 1.88 bits per heavy atom. The summed E-state index contributed by atoms with van der Waals surface area (Å²) in [6, 6.07) is 14.9. The van der Waals surface area contributed by atoms with Crippen LogP contribution in [0.1, 0.15) is 0 Å². The Morgan fingerprint density at radius 1 is 0.824 bits per heavy atom. The van der Waals surface area contributed by atoms with Crippen LogP contribution in [0, 0.1) is 0 Å². The molecule has 0 aromatic heterocycles. The van der Waals surface area contributed by atoms with E-state index in [0.717, 1.165) is 0 Å². The molecule has 2 rings (SSSR count). The molecular formula is C13H12O3Se. The second-order valence-corrected chi connectivity index (χ2v) is 7.58. The molecule has 0 N–H and O–H groups in total. The summed E-state index contributed by atoms with van der Waals surface area (Å²) < 4.78 is 30.2. The predicted molar refractivity (Wildman–Crippen MR) is 65.8 cm³/mol. The van der Waals surface area contributed by atoms with E-state index in [2.05, 4.69) is 0 Å². The standard InChI is InChI=1S/C13H12O3Se/c1-16-11-7-9-13(10-8-11)17(14,15)12-5-3-2-4-6-12/h2-10H,1H3. The third kappa shape index (κ3) is 2.38. The van der Waals surface area contributed by atoms with Crippen molar-refractivity contribution < 1.29 is 12.4 Å². The molecule has 0 spiro atoms. The van der Waals surface area contributed by atoms with Crippen LogP contribution < -0.4 is 13.7 Å². The van der Waals surface area contributed by atoms with Gasteiger partial charge in [-0.15, -0.1) is 0 Å². The fourth-order valence-electron chi connectivity index (χ4n) is 1.49. The first-order chi connectivity index (χ1) is 8.14. The average Bonchev–Trinajstić information content (AvgIpc) is 2.40. The van der Waals surface area contributed by atoms with Crippen molar-refractivity contribution in [3.05, 3.63) is 54.6 Å². The van der Waals surface area contributed by atoms with Crippen LogP contribution in [-0.2, 0) is 7.67 Å². The molecule has 0 amide bonds. The molecule has 0 bridgehead atoms. The zero-order valence-corrected chi connectivity index (χ0v) is 11.0. The van der Waals surface area contributed by atoms with Crippen LogP contribution in [0.15, 0.2) is 54.6 Å². The Labute approximate surface area is 102 Å². The molecule has 2 aromatic rings. The van der Waals surface area contributed by atoms with E-state index in [1.54, 1.807) is 61.7 Å². The summed E-state index contributed by atoms with van der Waals surface area (Å²) in [5.41, 5.74) is 0. The molecule has 0 aliphatic rings. The molecule has 0 unspecified atom stereocenters. The Morgan fingerprint density at radius 2 is 1.35 bits per heavy atom. The number of methoxy groups -OCH3 is 1. The van der Waals surface area contributed by atoms with Gasteiger partial charge in [0, 0.05) is 0 Å². The van der Waals surface area contributed by atoms with Crippen LogP contribution in [0.5, 0.6) is 5.75 Å². The quantitative estimate of drug-likeness (QED) is 0.797. The molecule has 0 aliphatic carbocycles. The summed E-state index contributed by atoms with van der Waals surface area (Å²) in [4.78, 5) is 0. The number of benzene rings is 2. The molecule has 3 nitrogen and oxygen atoms in total. The molecule has 0 radical (unpaired) electrons. The van der Waals surface area contributed by atoms with E-state index in [1.165, 1.54) is 0 Å². The summed E-state index contributed by atoms with van der Waals surface area (Å²) in [6.07, 6.45) is 0. The topological polar surface area (TPSA) is 43.4 Å². The van der Waals surface area contributed by atoms with Gasteiger partial charge in [-0.25, -0.2) is 0 Å². The first-order valence-corrected chi connectivity index (χ1v) is 8.20. The molecule has 17 heavy (non-hydrogen) atoms.